The number of carbonyl (C=O) groups excluding carboxylic acids is 3. The van der Waals surface area contributed by atoms with Crippen molar-refractivity contribution in [2.45, 2.75) is 82.1 Å². The van der Waals surface area contributed by atoms with E-state index in [9.17, 15) is 14.4 Å². The Morgan fingerprint density at radius 1 is 1.00 bits per heavy atom. The molecule has 1 spiro atoms. The zero-order chi connectivity index (χ0) is 29.4. The first-order valence-electron chi connectivity index (χ1n) is 16.1. The Morgan fingerprint density at radius 3 is 2.40 bits per heavy atom. The van der Waals surface area contributed by atoms with Crippen molar-refractivity contribution in [2.24, 2.45) is 11.8 Å². The predicted octanol–water partition coefficient (Wildman–Crippen LogP) is 2.99. The van der Waals surface area contributed by atoms with E-state index >= 15 is 0 Å². The fourth-order valence-electron chi connectivity index (χ4n) is 7.75. The van der Waals surface area contributed by atoms with Crippen LogP contribution in [0.1, 0.15) is 63.9 Å². The number of carbonyl (C=O) groups is 3. The first-order valence-corrected chi connectivity index (χ1v) is 16.1. The zero-order valence-electron chi connectivity index (χ0n) is 25.4. The Hall–Kier alpha value is -2.75. The lowest BCUT2D eigenvalue weighted by Crippen LogP contribution is -2.56. The number of ether oxygens (including phenoxy) is 1. The largest absolute Gasteiger partial charge is 0.359 e. The van der Waals surface area contributed by atoms with Crippen LogP contribution >= 0.6 is 0 Å². The topological polar surface area (TPSA) is 94.2 Å². The van der Waals surface area contributed by atoms with E-state index in [2.05, 4.69) is 41.3 Å². The summed E-state index contributed by atoms with van der Waals surface area (Å²) in [6, 6.07) is 7.22. The first kappa shape index (κ1) is 29.3. The Balaban J connectivity index is 1.21. The third-order valence-electron chi connectivity index (χ3n) is 10.2. The molecular weight excluding hydrogens is 530 g/mol. The van der Waals surface area contributed by atoms with Gasteiger partial charge in [0.25, 0.3) is 0 Å². The molecular formula is C33H47N5O4. The van der Waals surface area contributed by atoms with Crippen molar-refractivity contribution >= 4 is 23.4 Å². The summed E-state index contributed by atoms with van der Waals surface area (Å²) in [4.78, 5) is 48.5. The number of hydrogen-bond acceptors (Lipinski definition) is 6. The van der Waals surface area contributed by atoms with Crippen molar-refractivity contribution in [1.29, 1.82) is 0 Å². The molecule has 1 saturated carbocycles. The molecule has 1 aromatic carbocycles. The molecule has 228 valence electrons. The second kappa shape index (κ2) is 12.1. The summed E-state index contributed by atoms with van der Waals surface area (Å²) in [7, 11) is 2.14. The van der Waals surface area contributed by atoms with Gasteiger partial charge in [-0.15, -0.1) is 0 Å². The Kier molecular flexibility index (Phi) is 8.44. The number of likely N-dealkylation sites (tertiary alicyclic amines) is 1. The summed E-state index contributed by atoms with van der Waals surface area (Å²) in [5.74, 6) is -1.51. The third kappa shape index (κ3) is 5.51. The molecule has 42 heavy (non-hydrogen) atoms. The van der Waals surface area contributed by atoms with Gasteiger partial charge in [0.15, 0.2) is 0 Å². The second-order valence-electron chi connectivity index (χ2n) is 13.3. The normalized spacial score (nSPS) is 31.6. The van der Waals surface area contributed by atoms with Gasteiger partial charge in [-0.25, -0.2) is 0 Å². The lowest BCUT2D eigenvalue weighted by atomic mass is 9.74. The number of fused-ring (bicyclic) bond motifs is 1. The highest BCUT2D eigenvalue weighted by atomic mass is 16.5. The van der Waals surface area contributed by atoms with E-state index in [1.807, 2.05) is 36.4 Å². The van der Waals surface area contributed by atoms with Gasteiger partial charge >= 0.3 is 0 Å². The maximum Gasteiger partial charge on any atom is 0.246 e. The fourth-order valence-corrected chi connectivity index (χ4v) is 7.75. The molecule has 1 aromatic rings. The highest BCUT2D eigenvalue weighted by molar-refractivity contribution is 6.02. The molecule has 5 atom stereocenters. The van der Waals surface area contributed by atoms with Crippen molar-refractivity contribution in [3.8, 4) is 0 Å². The molecule has 3 saturated heterocycles. The van der Waals surface area contributed by atoms with Crippen molar-refractivity contribution in [3.63, 3.8) is 0 Å². The summed E-state index contributed by atoms with van der Waals surface area (Å²) < 4.78 is 6.53. The zero-order valence-corrected chi connectivity index (χ0v) is 25.4. The number of hydrogen-bond donors (Lipinski definition) is 2. The van der Waals surface area contributed by atoms with E-state index in [0.717, 1.165) is 64.8 Å². The number of nitrogens with zero attached hydrogens (tertiary/aromatic N) is 3. The van der Waals surface area contributed by atoms with Crippen LogP contribution in [0.2, 0.25) is 0 Å². The summed E-state index contributed by atoms with van der Waals surface area (Å²) >= 11 is 0. The molecule has 9 nitrogen and oxygen atoms in total. The Morgan fingerprint density at radius 2 is 1.71 bits per heavy atom. The monoisotopic (exact) mass is 577 g/mol. The highest BCUT2D eigenvalue weighted by Crippen LogP contribution is 2.55. The average Bonchev–Trinajstić information content (AvgIpc) is 3.62. The smallest absolute Gasteiger partial charge is 0.246 e. The van der Waals surface area contributed by atoms with Crippen molar-refractivity contribution in [3.05, 3.63) is 42.0 Å². The molecule has 4 fully saturated rings. The van der Waals surface area contributed by atoms with Crippen LogP contribution in [0.3, 0.4) is 0 Å². The summed E-state index contributed by atoms with van der Waals surface area (Å²) in [6.07, 6.45) is 9.40. The molecule has 0 radical (unpaired) electrons. The van der Waals surface area contributed by atoms with Crippen LogP contribution in [0.25, 0.3) is 0 Å². The molecule has 5 aliphatic rings. The maximum absolute atomic E-state index is 14.2. The van der Waals surface area contributed by atoms with Crippen molar-refractivity contribution < 1.29 is 19.1 Å². The SMILES string of the molecule is CC(C)c1ccc(NC(=O)[C@@H]2[C@@H]3C=C[C@]4(O3)[C@@H]2C(=O)N(CCCN2CCN(C)CC2)[C@@H]4C(=O)NC2CCCCC2)cc1. The van der Waals surface area contributed by atoms with Crippen molar-refractivity contribution in [2.75, 3.05) is 51.6 Å². The van der Waals surface area contributed by atoms with Gasteiger partial charge in [-0.3, -0.25) is 14.4 Å². The number of benzene rings is 1. The third-order valence-corrected chi connectivity index (χ3v) is 10.2. The van der Waals surface area contributed by atoms with E-state index in [1.165, 1.54) is 12.0 Å². The van der Waals surface area contributed by atoms with Crippen LogP contribution in [0, 0.1) is 11.8 Å². The van der Waals surface area contributed by atoms with Gasteiger partial charge in [0.1, 0.15) is 11.6 Å². The molecule has 3 amide bonds. The lowest BCUT2D eigenvalue weighted by Gasteiger charge is -2.35. The van der Waals surface area contributed by atoms with Crippen LogP contribution in [0.5, 0.6) is 0 Å². The van der Waals surface area contributed by atoms with Gasteiger partial charge < -0.3 is 30.1 Å². The van der Waals surface area contributed by atoms with E-state index < -0.39 is 29.6 Å². The highest BCUT2D eigenvalue weighted by Gasteiger charge is 2.72. The number of amides is 3. The molecule has 4 heterocycles. The van der Waals surface area contributed by atoms with Crippen molar-refractivity contribution in [1.82, 2.24) is 20.0 Å². The quantitative estimate of drug-likeness (QED) is 0.439. The fraction of sp³-hybridized carbons (Fsp3) is 0.667. The van der Waals surface area contributed by atoms with Gasteiger partial charge in [0.2, 0.25) is 17.7 Å². The molecule has 0 aromatic heterocycles. The number of piperazine rings is 1. The van der Waals surface area contributed by atoms with Crippen LogP contribution in [0.15, 0.2) is 36.4 Å². The van der Waals surface area contributed by atoms with E-state index in [4.69, 9.17) is 4.74 Å². The van der Waals surface area contributed by atoms with Crippen LogP contribution in [-0.4, -0.2) is 103 Å². The predicted molar refractivity (Wildman–Crippen MR) is 162 cm³/mol. The molecule has 9 heteroatoms. The minimum Gasteiger partial charge on any atom is -0.359 e. The van der Waals surface area contributed by atoms with Gasteiger partial charge in [-0.05, 0) is 56.5 Å². The number of anilines is 1. The summed E-state index contributed by atoms with van der Waals surface area (Å²) in [6.45, 7) is 9.72. The molecule has 2 bridgehead atoms. The van der Waals surface area contributed by atoms with Gasteiger partial charge in [0.05, 0.1) is 17.9 Å². The number of nitrogens with one attached hydrogen (secondary N) is 2. The molecule has 2 N–H and O–H groups in total. The van der Waals surface area contributed by atoms with E-state index in [1.54, 1.807) is 4.90 Å². The second-order valence-corrected chi connectivity index (χ2v) is 13.3. The molecule has 0 unspecified atom stereocenters. The first-order chi connectivity index (χ1) is 20.3. The van der Waals surface area contributed by atoms with Crippen LogP contribution < -0.4 is 10.6 Å². The summed E-state index contributed by atoms with van der Waals surface area (Å²) in [5.41, 5.74) is 0.784. The minimum absolute atomic E-state index is 0.125. The van der Waals surface area contributed by atoms with Crippen LogP contribution in [0.4, 0.5) is 5.69 Å². The minimum atomic E-state index is -1.11. The van der Waals surface area contributed by atoms with Gasteiger partial charge in [-0.1, -0.05) is 57.4 Å². The van der Waals surface area contributed by atoms with E-state index in [-0.39, 0.29) is 23.8 Å². The van der Waals surface area contributed by atoms with Gasteiger partial charge in [0, 0.05) is 44.5 Å². The standard InChI is InChI=1S/C33H47N5O4/c1-22(2)23-10-12-25(13-11-23)34-30(39)27-26-14-15-33(42-26)28(27)32(41)38(17-7-16-37-20-18-36(3)19-21-37)29(33)31(40)35-24-8-5-4-6-9-24/h10-15,22,24,26-29H,4-9,16-21H2,1-3H3,(H,34,39)(H,35,40)/t26-,27+,28-,29+,33-/m0/s1. The Labute approximate surface area is 250 Å². The molecule has 4 aliphatic heterocycles. The molecule has 6 rings (SSSR count). The number of likely N-dealkylation sites (N-methyl/N-ethyl adjacent to an activating group) is 1. The Bertz CT molecular complexity index is 1190. The maximum atomic E-state index is 14.2. The lowest BCUT2D eigenvalue weighted by molar-refractivity contribution is -0.141. The van der Waals surface area contributed by atoms with Crippen LogP contribution in [-0.2, 0) is 19.1 Å². The van der Waals surface area contributed by atoms with Gasteiger partial charge in [-0.2, -0.15) is 0 Å². The average molecular weight is 578 g/mol. The number of rotatable bonds is 9. The van der Waals surface area contributed by atoms with E-state index in [0.29, 0.717) is 18.2 Å². The molecule has 1 aliphatic carbocycles. The summed E-state index contributed by atoms with van der Waals surface area (Å²) in [5, 5.41) is 6.33.